The number of nitrogens with one attached hydrogen (secondary N) is 2. The van der Waals surface area contributed by atoms with E-state index in [4.69, 9.17) is 4.84 Å². The number of rotatable bonds is 5. The Morgan fingerprint density at radius 3 is 2.83 bits per heavy atom. The number of hydrogen-bond donors (Lipinski definition) is 2. The van der Waals surface area contributed by atoms with Crippen molar-refractivity contribution in [3.05, 3.63) is 30.1 Å². The number of aromatic nitrogens is 1. The Morgan fingerprint density at radius 1 is 1.44 bits per heavy atom. The predicted octanol–water partition coefficient (Wildman–Crippen LogP) is 2.04. The molecule has 0 bridgehead atoms. The molecule has 0 fully saturated rings. The van der Waals surface area contributed by atoms with Crippen molar-refractivity contribution in [2.75, 3.05) is 6.54 Å². The number of urea groups is 1. The highest BCUT2D eigenvalue weighted by Gasteiger charge is 2.12. The normalized spacial score (nSPS) is 11.1. The van der Waals surface area contributed by atoms with E-state index in [-0.39, 0.29) is 11.6 Å². The molecule has 1 rings (SSSR count). The van der Waals surface area contributed by atoms with Crippen molar-refractivity contribution in [3.63, 3.8) is 0 Å². The van der Waals surface area contributed by atoms with Gasteiger partial charge in [-0.3, -0.25) is 9.82 Å². The third-order valence-electron chi connectivity index (χ3n) is 2.10. The molecule has 0 saturated carbocycles. The van der Waals surface area contributed by atoms with Gasteiger partial charge in [-0.2, -0.15) is 0 Å². The van der Waals surface area contributed by atoms with Crippen LogP contribution in [0.2, 0.25) is 0 Å². The fourth-order valence-corrected chi connectivity index (χ4v) is 1.28. The first kappa shape index (κ1) is 14.4. The van der Waals surface area contributed by atoms with Gasteiger partial charge < -0.3 is 5.32 Å². The summed E-state index contributed by atoms with van der Waals surface area (Å²) in [5, 5.41) is 2.73. The highest BCUT2D eigenvalue weighted by Crippen LogP contribution is 2.03. The van der Waals surface area contributed by atoms with Gasteiger partial charge in [0.1, 0.15) is 0 Å². The maximum absolute atomic E-state index is 11.3. The molecule has 100 valence electrons. The van der Waals surface area contributed by atoms with Gasteiger partial charge in [0.05, 0.1) is 5.60 Å². The van der Waals surface area contributed by atoms with Gasteiger partial charge in [-0.15, -0.1) is 0 Å². The number of carbonyl (C=O) groups is 1. The van der Waals surface area contributed by atoms with Crippen LogP contribution in [-0.2, 0) is 11.3 Å². The van der Waals surface area contributed by atoms with Crippen molar-refractivity contribution >= 4 is 6.03 Å². The molecular weight excluding hydrogens is 230 g/mol. The first-order chi connectivity index (χ1) is 8.47. The maximum Gasteiger partial charge on any atom is 0.338 e. The van der Waals surface area contributed by atoms with Gasteiger partial charge in [0.25, 0.3) is 0 Å². The summed E-state index contributed by atoms with van der Waals surface area (Å²) in [6, 6.07) is 3.62. The molecule has 0 aliphatic heterocycles. The lowest BCUT2D eigenvalue weighted by Crippen LogP contribution is -2.40. The molecule has 5 nitrogen and oxygen atoms in total. The number of amides is 2. The molecule has 1 heterocycles. The van der Waals surface area contributed by atoms with E-state index in [1.165, 1.54) is 5.56 Å². The van der Waals surface area contributed by atoms with Crippen LogP contribution in [0.4, 0.5) is 4.79 Å². The Labute approximate surface area is 108 Å². The minimum Gasteiger partial charge on any atom is -0.336 e. The summed E-state index contributed by atoms with van der Waals surface area (Å²) >= 11 is 0. The summed E-state index contributed by atoms with van der Waals surface area (Å²) in [6.07, 6.45) is 5.35. The Hall–Kier alpha value is -1.62. The molecule has 2 amide bonds. The lowest BCUT2D eigenvalue weighted by atomic mass is 10.1. The quantitative estimate of drug-likeness (QED) is 0.622. The minimum absolute atomic E-state index is 0.309. The molecule has 2 N–H and O–H groups in total. The Kier molecular flexibility index (Phi) is 5.58. The summed E-state index contributed by atoms with van der Waals surface area (Å²) in [6.45, 7) is 6.22. The van der Waals surface area contributed by atoms with Gasteiger partial charge in [0.2, 0.25) is 0 Å². The van der Waals surface area contributed by atoms with Crippen molar-refractivity contribution in [1.82, 2.24) is 15.8 Å². The second kappa shape index (κ2) is 6.96. The third-order valence-corrected chi connectivity index (χ3v) is 2.10. The lowest BCUT2D eigenvalue weighted by Gasteiger charge is -2.19. The van der Waals surface area contributed by atoms with E-state index in [0.717, 1.165) is 12.8 Å². The van der Waals surface area contributed by atoms with E-state index in [1.54, 1.807) is 6.20 Å². The molecule has 0 spiro atoms. The van der Waals surface area contributed by atoms with Gasteiger partial charge in [0, 0.05) is 18.9 Å². The van der Waals surface area contributed by atoms with Crippen molar-refractivity contribution in [2.24, 2.45) is 0 Å². The topological polar surface area (TPSA) is 63.2 Å². The molecule has 0 radical (unpaired) electrons. The van der Waals surface area contributed by atoms with E-state index in [9.17, 15) is 4.79 Å². The number of pyridine rings is 1. The fourth-order valence-electron chi connectivity index (χ4n) is 1.28. The zero-order chi connectivity index (χ0) is 13.4. The molecule has 0 atom stereocenters. The minimum atomic E-state index is -0.382. The van der Waals surface area contributed by atoms with Gasteiger partial charge in [-0.05, 0) is 45.2 Å². The molecule has 0 aliphatic rings. The van der Waals surface area contributed by atoms with Crippen LogP contribution in [0.5, 0.6) is 0 Å². The molecule has 1 aromatic heterocycles. The highest BCUT2D eigenvalue weighted by atomic mass is 16.7. The van der Waals surface area contributed by atoms with Crippen LogP contribution in [0.1, 0.15) is 32.8 Å². The van der Waals surface area contributed by atoms with Crippen LogP contribution < -0.4 is 10.8 Å². The zero-order valence-corrected chi connectivity index (χ0v) is 11.2. The first-order valence-electron chi connectivity index (χ1n) is 6.08. The van der Waals surface area contributed by atoms with Gasteiger partial charge in [0.15, 0.2) is 0 Å². The number of hydroxylamine groups is 1. The van der Waals surface area contributed by atoms with Crippen LogP contribution in [0.3, 0.4) is 0 Å². The summed E-state index contributed by atoms with van der Waals surface area (Å²) in [7, 11) is 0. The second-order valence-corrected chi connectivity index (χ2v) is 5.04. The second-order valence-electron chi connectivity index (χ2n) is 5.04. The molecule has 0 aromatic carbocycles. The molecule has 18 heavy (non-hydrogen) atoms. The molecule has 5 heteroatoms. The Balaban J connectivity index is 2.09. The summed E-state index contributed by atoms with van der Waals surface area (Å²) < 4.78 is 0. The molecule has 0 aliphatic carbocycles. The molecular formula is C13H21N3O2. The third kappa shape index (κ3) is 6.85. The van der Waals surface area contributed by atoms with Crippen LogP contribution >= 0.6 is 0 Å². The fraction of sp³-hybridized carbons (Fsp3) is 0.538. The van der Waals surface area contributed by atoms with Crippen LogP contribution in [0.15, 0.2) is 24.5 Å². The SMILES string of the molecule is CC(C)(C)ONC(=O)NCCCc1cccnc1. The molecule has 0 saturated heterocycles. The van der Waals surface area contributed by atoms with Gasteiger partial charge in [-0.25, -0.2) is 10.3 Å². The number of aryl methyl sites for hydroxylation is 1. The average Bonchev–Trinajstić information content (AvgIpc) is 2.33. The standard InChI is InChI=1S/C13H21N3O2/c1-13(2,3)18-16-12(17)15-9-5-7-11-6-4-8-14-10-11/h4,6,8,10H,5,7,9H2,1-3H3,(H2,15,16,17). The number of carbonyl (C=O) groups excluding carboxylic acids is 1. The lowest BCUT2D eigenvalue weighted by molar-refractivity contribution is -0.0528. The first-order valence-corrected chi connectivity index (χ1v) is 6.08. The average molecular weight is 251 g/mol. The zero-order valence-electron chi connectivity index (χ0n) is 11.2. The van der Waals surface area contributed by atoms with E-state index in [1.807, 2.05) is 39.1 Å². The van der Waals surface area contributed by atoms with Crippen LogP contribution in [-0.4, -0.2) is 23.2 Å². The maximum atomic E-state index is 11.3. The van der Waals surface area contributed by atoms with Crippen molar-refractivity contribution in [1.29, 1.82) is 0 Å². The van der Waals surface area contributed by atoms with Crippen molar-refractivity contribution in [2.45, 2.75) is 39.2 Å². The monoisotopic (exact) mass is 251 g/mol. The van der Waals surface area contributed by atoms with Crippen LogP contribution in [0.25, 0.3) is 0 Å². The van der Waals surface area contributed by atoms with E-state index >= 15 is 0 Å². The van der Waals surface area contributed by atoms with Crippen LogP contribution in [0, 0.1) is 0 Å². The molecule has 1 aromatic rings. The van der Waals surface area contributed by atoms with Crippen molar-refractivity contribution < 1.29 is 9.63 Å². The predicted molar refractivity (Wildman–Crippen MR) is 69.9 cm³/mol. The summed E-state index contributed by atoms with van der Waals surface area (Å²) in [4.78, 5) is 20.5. The van der Waals surface area contributed by atoms with Crippen molar-refractivity contribution in [3.8, 4) is 0 Å². The van der Waals surface area contributed by atoms with E-state index < -0.39 is 0 Å². The van der Waals surface area contributed by atoms with Gasteiger partial charge in [-0.1, -0.05) is 6.07 Å². The van der Waals surface area contributed by atoms with E-state index in [0.29, 0.717) is 6.54 Å². The highest BCUT2D eigenvalue weighted by molar-refractivity contribution is 5.72. The molecule has 0 unspecified atom stereocenters. The van der Waals surface area contributed by atoms with Gasteiger partial charge >= 0.3 is 6.03 Å². The Morgan fingerprint density at radius 2 is 2.22 bits per heavy atom. The summed E-state index contributed by atoms with van der Waals surface area (Å²) in [5.41, 5.74) is 3.15. The van der Waals surface area contributed by atoms with E-state index in [2.05, 4.69) is 15.8 Å². The number of nitrogens with zero attached hydrogens (tertiary/aromatic N) is 1. The largest absolute Gasteiger partial charge is 0.338 e. The Bertz CT molecular complexity index is 360. The smallest absolute Gasteiger partial charge is 0.336 e. The summed E-state index contributed by atoms with van der Waals surface area (Å²) in [5.74, 6) is 0. The number of hydrogen-bond acceptors (Lipinski definition) is 3.